The standard InChI is InChI=1S/C8H11NO2S.C6H6ClNO/c1-2-9(12(10)11)8-6-4-3-5-7-8;7-4-1-2-6(9)5(8)3-4/h3-7H,2H2,1H3,(H,10,11);1-3,9H,8H2/p-1. The molecule has 114 valence electrons. The normalized spacial score (nSPS) is 11.2. The molecule has 0 aliphatic heterocycles. The minimum absolute atomic E-state index is 0.0689. The first-order valence-electron chi connectivity index (χ1n) is 6.11. The van der Waals surface area contributed by atoms with E-state index >= 15 is 0 Å². The summed E-state index contributed by atoms with van der Waals surface area (Å²) in [6, 6.07) is 13.5. The van der Waals surface area contributed by atoms with Gasteiger partial charge in [0.2, 0.25) is 0 Å². The first kappa shape index (κ1) is 17.3. The Kier molecular flexibility index (Phi) is 7.01. The van der Waals surface area contributed by atoms with Crippen molar-refractivity contribution < 1.29 is 13.9 Å². The van der Waals surface area contributed by atoms with Gasteiger partial charge in [-0.25, -0.2) is 0 Å². The van der Waals surface area contributed by atoms with Crippen molar-refractivity contribution in [3.05, 3.63) is 53.6 Å². The molecule has 2 aromatic carbocycles. The molecule has 2 aromatic rings. The SMILES string of the molecule is CCN(c1ccccc1)S(=O)[O-].Nc1cc(Cl)ccc1O. The lowest BCUT2D eigenvalue weighted by atomic mass is 10.3. The number of para-hydroxylation sites is 1. The van der Waals surface area contributed by atoms with Crippen LogP contribution in [-0.2, 0) is 11.3 Å². The maximum atomic E-state index is 10.7. The van der Waals surface area contributed by atoms with Crippen LogP contribution in [0.2, 0.25) is 5.02 Å². The van der Waals surface area contributed by atoms with Gasteiger partial charge in [0.15, 0.2) is 0 Å². The van der Waals surface area contributed by atoms with Gasteiger partial charge < -0.3 is 19.7 Å². The number of anilines is 2. The van der Waals surface area contributed by atoms with Crippen LogP contribution in [0.15, 0.2) is 48.5 Å². The number of phenolic OH excluding ortho intramolecular Hbond substituents is 1. The largest absolute Gasteiger partial charge is 0.755 e. The van der Waals surface area contributed by atoms with Gasteiger partial charge in [-0.2, -0.15) is 0 Å². The van der Waals surface area contributed by atoms with Gasteiger partial charge >= 0.3 is 0 Å². The monoisotopic (exact) mass is 327 g/mol. The van der Waals surface area contributed by atoms with Crippen molar-refractivity contribution in [3.8, 4) is 5.75 Å². The molecule has 1 unspecified atom stereocenters. The minimum atomic E-state index is -2.17. The van der Waals surface area contributed by atoms with Crippen LogP contribution in [-0.4, -0.2) is 20.4 Å². The number of hydrogen-bond acceptors (Lipinski definition) is 4. The van der Waals surface area contributed by atoms with Crippen molar-refractivity contribution in [1.29, 1.82) is 0 Å². The highest BCUT2D eigenvalue weighted by Crippen LogP contribution is 2.22. The molecule has 0 saturated carbocycles. The number of nitrogen functional groups attached to an aromatic ring is 1. The number of halogens is 1. The molecule has 0 aromatic heterocycles. The van der Waals surface area contributed by atoms with Crippen LogP contribution in [0.3, 0.4) is 0 Å². The smallest absolute Gasteiger partial charge is 0.138 e. The molecule has 1 atom stereocenters. The van der Waals surface area contributed by atoms with Gasteiger partial charge in [0.05, 0.1) is 5.69 Å². The number of hydrogen-bond donors (Lipinski definition) is 2. The van der Waals surface area contributed by atoms with Crippen molar-refractivity contribution in [2.75, 3.05) is 16.6 Å². The van der Waals surface area contributed by atoms with Crippen molar-refractivity contribution in [1.82, 2.24) is 0 Å². The Hall–Kier alpha value is -1.76. The highest BCUT2D eigenvalue weighted by atomic mass is 35.5. The average Bonchev–Trinajstić information content (AvgIpc) is 2.45. The molecule has 5 nitrogen and oxygen atoms in total. The fourth-order valence-electron chi connectivity index (χ4n) is 1.49. The maximum absolute atomic E-state index is 10.7. The van der Waals surface area contributed by atoms with E-state index in [4.69, 9.17) is 22.4 Å². The highest BCUT2D eigenvalue weighted by molar-refractivity contribution is 7.80. The molecule has 0 amide bonds. The second kappa shape index (κ2) is 8.51. The predicted molar refractivity (Wildman–Crippen MR) is 85.9 cm³/mol. The fraction of sp³-hybridized carbons (Fsp3) is 0.143. The van der Waals surface area contributed by atoms with Gasteiger partial charge in [0.25, 0.3) is 0 Å². The van der Waals surface area contributed by atoms with E-state index in [-0.39, 0.29) is 5.75 Å². The van der Waals surface area contributed by atoms with Crippen LogP contribution in [0.5, 0.6) is 5.75 Å². The van der Waals surface area contributed by atoms with E-state index in [9.17, 15) is 8.76 Å². The van der Waals surface area contributed by atoms with Crippen LogP contribution in [0.4, 0.5) is 11.4 Å². The van der Waals surface area contributed by atoms with Gasteiger partial charge in [-0.1, -0.05) is 29.8 Å². The molecule has 0 aliphatic carbocycles. The molecular formula is C14H16ClN2O3S-. The molecule has 21 heavy (non-hydrogen) atoms. The Labute approximate surface area is 131 Å². The molecule has 0 bridgehead atoms. The lowest BCUT2D eigenvalue weighted by molar-refractivity contribution is 0.478. The van der Waals surface area contributed by atoms with E-state index < -0.39 is 11.3 Å². The Bertz CT molecular complexity index is 596. The van der Waals surface area contributed by atoms with E-state index in [2.05, 4.69) is 0 Å². The van der Waals surface area contributed by atoms with Gasteiger partial charge in [-0.05, 0) is 37.3 Å². The molecule has 0 fully saturated rings. The van der Waals surface area contributed by atoms with E-state index in [1.54, 1.807) is 25.1 Å². The molecule has 7 heteroatoms. The predicted octanol–water partition coefficient (Wildman–Crippen LogP) is 2.93. The minimum Gasteiger partial charge on any atom is -0.755 e. The fourth-order valence-corrected chi connectivity index (χ4v) is 2.18. The van der Waals surface area contributed by atoms with Crippen LogP contribution in [0.1, 0.15) is 6.92 Å². The van der Waals surface area contributed by atoms with Gasteiger partial charge in [0.1, 0.15) is 5.75 Å². The molecule has 0 radical (unpaired) electrons. The van der Waals surface area contributed by atoms with Crippen molar-refractivity contribution in [3.63, 3.8) is 0 Å². The summed E-state index contributed by atoms with van der Waals surface area (Å²) < 4.78 is 22.6. The van der Waals surface area contributed by atoms with Crippen LogP contribution >= 0.6 is 11.6 Å². The second-order valence-electron chi connectivity index (χ2n) is 3.95. The lowest BCUT2D eigenvalue weighted by Gasteiger charge is -2.24. The average molecular weight is 328 g/mol. The first-order chi connectivity index (χ1) is 9.95. The van der Waals surface area contributed by atoms with Crippen LogP contribution < -0.4 is 10.0 Å². The number of phenols is 1. The van der Waals surface area contributed by atoms with E-state index in [1.165, 1.54) is 16.4 Å². The number of aromatic hydroxyl groups is 1. The van der Waals surface area contributed by atoms with Crippen LogP contribution in [0, 0.1) is 0 Å². The Morgan fingerprint density at radius 3 is 2.33 bits per heavy atom. The summed E-state index contributed by atoms with van der Waals surface area (Å²) in [6.07, 6.45) is 0. The number of benzene rings is 2. The van der Waals surface area contributed by atoms with E-state index in [1.807, 2.05) is 18.2 Å². The molecular weight excluding hydrogens is 312 g/mol. The maximum Gasteiger partial charge on any atom is 0.138 e. The number of nitrogens with zero attached hydrogens (tertiary/aromatic N) is 1. The molecule has 3 N–H and O–H groups in total. The second-order valence-corrected chi connectivity index (χ2v) is 5.26. The molecule has 2 rings (SSSR count). The number of rotatable bonds is 3. The van der Waals surface area contributed by atoms with Gasteiger partial charge in [0, 0.05) is 28.5 Å². The summed E-state index contributed by atoms with van der Waals surface area (Å²) in [6.45, 7) is 2.25. The third-order valence-electron chi connectivity index (χ3n) is 2.50. The van der Waals surface area contributed by atoms with Crippen molar-refractivity contribution in [2.24, 2.45) is 0 Å². The molecule has 0 spiro atoms. The summed E-state index contributed by atoms with van der Waals surface area (Å²) in [7, 11) is 0. The summed E-state index contributed by atoms with van der Waals surface area (Å²) in [4.78, 5) is 0. The summed E-state index contributed by atoms with van der Waals surface area (Å²) in [5.41, 5.74) is 6.30. The Morgan fingerprint density at radius 2 is 1.90 bits per heavy atom. The van der Waals surface area contributed by atoms with Crippen molar-refractivity contribution >= 4 is 34.2 Å². The van der Waals surface area contributed by atoms with E-state index in [0.29, 0.717) is 22.9 Å². The Morgan fingerprint density at radius 1 is 1.29 bits per heavy atom. The summed E-state index contributed by atoms with van der Waals surface area (Å²) in [5.74, 6) is 0.0689. The molecule has 0 saturated heterocycles. The quantitative estimate of drug-likeness (QED) is 0.515. The third-order valence-corrected chi connectivity index (χ3v) is 3.56. The van der Waals surface area contributed by atoms with Gasteiger partial charge in [-0.3, -0.25) is 4.21 Å². The summed E-state index contributed by atoms with van der Waals surface area (Å²) in [5, 5.41) is 9.39. The molecule has 0 aliphatic rings. The topological polar surface area (TPSA) is 89.6 Å². The zero-order valence-corrected chi connectivity index (χ0v) is 13.0. The zero-order chi connectivity index (χ0) is 15.8. The van der Waals surface area contributed by atoms with Gasteiger partial charge in [-0.15, -0.1) is 0 Å². The number of nitrogens with two attached hydrogens (primary N) is 1. The van der Waals surface area contributed by atoms with E-state index in [0.717, 1.165) is 0 Å². The lowest BCUT2D eigenvalue weighted by Crippen LogP contribution is -2.24. The third kappa shape index (κ3) is 5.63. The Balaban J connectivity index is 0.000000219. The summed E-state index contributed by atoms with van der Waals surface area (Å²) >= 11 is 3.35. The highest BCUT2D eigenvalue weighted by Gasteiger charge is 2.01. The first-order valence-corrected chi connectivity index (χ1v) is 7.52. The van der Waals surface area contributed by atoms with Crippen molar-refractivity contribution in [2.45, 2.75) is 6.92 Å². The zero-order valence-electron chi connectivity index (χ0n) is 11.4. The molecule has 0 heterocycles. The van der Waals surface area contributed by atoms with Crippen LogP contribution in [0.25, 0.3) is 0 Å².